The van der Waals surface area contributed by atoms with Gasteiger partial charge >= 0.3 is 6.36 Å². The van der Waals surface area contributed by atoms with Gasteiger partial charge in [-0.25, -0.2) is 8.42 Å². The van der Waals surface area contributed by atoms with Gasteiger partial charge < -0.3 is 4.74 Å². The van der Waals surface area contributed by atoms with Gasteiger partial charge in [-0.1, -0.05) is 18.2 Å². The topological polar surface area (TPSA) is 70.4 Å². The number of hydrogen-bond acceptors (Lipinski definition) is 5. The van der Waals surface area contributed by atoms with E-state index in [9.17, 15) is 21.6 Å². The molecule has 1 fully saturated rings. The molecule has 1 heterocycles. The Morgan fingerprint density at radius 2 is 1.90 bits per heavy atom. The standard InChI is InChI=1S/C20H19F3N2O3S/c21-20(22,23)28-18-6-4-15(5-7-18)12-25-9-8-17(13-25)14-29(26,27)19-3-1-2-16(10-19)11-24/h1-7,10,17H,8-9,12-14H2/t17-/m1/s1. The zero-order chi connectivity index (χ0) is 21.1. The molecule has 0 aromatic heterocycles. The SMILES string of the molecule is N#Cc1cccc(S(=O)(=O)C[C@@H]2CCN(Cc3ccc(OC(F)(F)F)cc3)C2)c1. The van der Waals surface area contributed by atoms with Crippen LogP contribution in [0.15, 0.2) is 53.4 Å². The van der Waals surface area contributed by atoms with Crippen molar-refractivity contribution in [2.45, 2.75) is 24.2 Å². The van der Waals surface area contributed by atoms with E-state index in [1.165, 1.54) is 24.3 Å². The van der Waals surface area contributed by atoms with Crippen molar-refractivity contribution in [3.63, 3.8) is 0 Å². The third-order valence-electron chi connectivity index (χ3n) is 4.71. The molecule has 0 saturated carbocycles. The van der Waals surface area contributed by atoms with Crippen LogP contribution in [0, 0.1) is 17.2 Å². The van der Waals surface area contributed by atoms with Crippen molar-refractivity contribution in [3.8, 4) is 11.8 Å². The Hall–Kier alpha value is -2.57. The lowest BCUT2D eigenvalue weighted by atomic mass is 10.1. The Morgan fingerprint density at radius 3 is 2.55 bits per heavy atom. The maximum absolute atomic E-state index is 12.6. The lowest BCUT2D eigenvalue weighted by Crippen LogP contribution is -2.23. The molecule has 29 heavy (non-hydrogen) atoms. The highest BCUT2D eigenvalue weighted by atomic mass is 32.2. The van der Waals surface area contributed by atoms with Crippen LogP contribution < -0.4 is 4.74 Å². The number of halogens is 3. The van der Waals surface area contributed by atoms with Crippen LogP contribution in [-0.4, -0.2) is 38.5 Å². The Balaban J connectivity index is 1.57. The first-order chi connectivity index (χ1) is 13.6. The van der Waals surface area contributed by atoms with Gasteiger partial charge in [-0.2, -0.15) is 5.26 Å². The van der Waals surface area contributed by atoms with E-state index in [0.717, 1.165) is 5.56 Å². The van der Waals surface area contributed by atoms with Crippen LogP contribution in [0.4, 0.5) is 13.2 Å². The number of nitriles is 1. The van der Waals surface area contributed by atoms with E-state index in [1.54, 1.807) is 24.3 Å². The van der Waals surface area contributed by atoms with Gasteiger partial charge in [0.15, 0.2) is 9.84 Å². The average Bonchev–Trinajstić information content (AvgIpc) is 3.08. The minimum Gasteiger partial charge on any atom is -0.406 e. The van der Waals surface area contributed by atoms with Gasteiger partial charge in [0, 0.05) is 13.1 Å². The average molecular weight is 424 g/mol. The fourth-order valence-electron chi connectivity index (χ4n) is 3.41. The van der Waals surface area contributed by atoms with E-state index >= 15 is 0 Å². The Bertz CT molecular complexity index is 999. The summed E-state index contributed by atoms with van der Waals surface area (Å²) < 4.78 is 65.8. The first-order valence-corrected chi connectivity index (χ1v) is 10.6. The molecule has 5 nitrogen and oxygen atoms in total. The summed E-state index contributed by atoms with van der Waals surface area (Å²) in [6.07, 6.45) is -4.01. The largest absolute Gasteiger partial charge is 0.573 e. The molecule has 0 radical (unpaired) electrons. The summed E-state index contributed by atoms with van der Waals surface area (Å²) in [6, 6.07) is 13.6. The first kappa shape index (κ1) is 21.1. The van der Waals surface area contributed by atoms with Crippen LogP contribution in [0.2, 0.25) is 0 Å². The van der Waals surface area contributed by atoms with Crippen molar-refractivity contribution in [3.05, 3.63) is 59.7 Å². The van der Waals surface area contributed by atoms with E-state index in [0.29, 0.717) is 31.6 Å². The van der Waals surface area contributed by atoms with E-state index in [-0.39, 0.29) is 22.3 Å². The van der Waals surface area contributed by atoms with Crippen molar-refractivity contribution in [2.75, 3.05) is 18.8 Å². The number of likely N-dealkylation sites (tertiary alicyclic amines) is 1. The molecule has 2 aromatic carbocycles. The minimum atomic E-state index is -4.72. The molecule has 0 amide bonds. The Kier molecular flexibility index (Phi) is 6.15. The van der Waals surface area contributed by atoms with Gasteiger partial charge in [0.25, 0.3) is 0 Å². The van der Waals surface area contributed by atoms with E-state index in [1.807, 2.05) is 6.07 Å². The highest BCUT2D eigenvalue weighted by Gasteiger charge is 2.31. The van der Waals surface area contributed by atoms with Crippen molar-refractivity contribution in [1.82, 2.24) is 4.90 Å². The monoisotopic (exact) mass is 424 g/mol. The van der Waals surface area contributed by atoms with E-state index in [2.05, 4.69) is 9.64 Å². The number of alkyl halides is 3. The van der Waals surface area contributed by atoms with Crippen molar-refractivity contribution >= 4 is 9.84 Å². The molecule has 0 N–H and O–H groups in total. The summed E-state index contributed by atoms with van der Waals surface area (Å²) in [4.78, 5) is 2.22. The Labute approximate surface area is 167 Å². The zero-order valence-electron chi connectivity index (χ0n) is 15.4. The van der Waals surface area contributed by atoms with Crippen molar-refractivity contribution in [1.29, 1.82) is 5.26 Å². The first-order valence-electron chi connectivity index (χ1n) is 8.94. The molecule has 3 rings (SSSR count). The molecule has 1 aliphatic rings. The summed E-state index contributed by atoms with van der Waals surface area (Å²) in [5.41, 5.74) is 1.13. The fraction of sp³-hybridized carbons (Fsp3) is 0.350. The molecule has 0 unspecified atom stereocenters. The van der Waals surface area contributed by atoms with Gasteiger partial charge in [0.1, 0.15) is 5.75 Å². The smallest absolute Gasteiger partial charge is 0.406 e. The van der Waals surface area contributed by atoms with Crippen molar-refractivity contribution in [2.24, 2.45) is 5.92 Å². The predicted molar refractivity (Wildman–Crippen MR) is 99.7 cm³/mol. The predicted octanol–water partition coefficient (Wildman–Crippen LogP) is 3.75. The second kappa shape index (κ2) is 8.43. The molecule has 9 heteroatoms. The molecule has 2 aromatic rings. The molecule has 0 bridgehead atoms. The zero-order valence-corrected chi connectivity index (χ0v) is 16.2. The number of rotatable bonds is 6. The third-order valence-corrected chi connectivity index (χ3v) is 6.59. The van der Waals surface area contributed by atoms with Crippen LogP contribution in [0.3, 0.4) is 0 Å². The molecular weight excluding hydrogens is 405 g/mol. The van der Waals surface area contributed by atoms with Crippen LogP contribution in [0.1, 0.15) is 17.5 Å². The molecule has 1 atom stereocenters. The van der Waals surface area contributed by atoms with Gasteiger partial charge in [-0.3, -0.25) is 4.90 Å². The number of sulfone groups is 1. The van der Waals surface area contributed by atoms with Crippen LogP contribution in [0.25, 0.3) is 0 Å². The highest BCUT2D eigenvalue weighted by molar-refractivity contribution is 7.91. The van der Waals surface area contributed by atoms with E-state index in [4.69, 9.17) is 5.26 Å². The van der Waals surface area contributed by atoms with Gasteiger partial charge in [-0.05, 0) is 54.8 Å². The lowest BCUT2D eigenvalue weighted by Gasteiger charge is -2.17. The second-order valence-electron chi connectivity index (χ2n) is 7.00. The van der Waals surface area contributed by atoms with Crippen LogP contribution in [-0.2, 0) is 16.4 Å². The summed E-state index contributed by atoms with van der Waals surface area (Å²) in [5.74, 6) is -0.318. The summed E-state index contributed by atoms with van der Waals surface area (Å²) in [7, 11) is -3.50. The van der Waals surface area contributed by atoms with Crippen LogP contribution in [0.5, 0.6) is 5.75 Å². The maximum Gasteiger partial charge on any atom is 0.573 e. The van der Waals surface area contributed by atoms with Gasteiger partial charge in [0.05, 0.1) is 22.3 Å². The molecule has 1 saturated heterocycles. The van der Waals surface area contributed by atoms with Gasteiger partial charge in [-0.15, -0.1) is 13.2 Å². The molecule has 1 aliphatic heterocycles. The molecule has 0 aliphatic carbocycles. The van der Waals surface area contributed by atoms with E-state index < -0.39 is 16.2 Å². The summed E-state index contributed by atoms with van der Waals surface area (Å²) in [5, 5.41) is 8.94. The number of benzene rings is 2. The molecule has 0 spiro atoms. The molecule has 154 valence electrons. The summed E-state index contributed by atoms with van der Waals surface area (Å²) >= 11 is 0. The normalized spacial score (nSPS) is 17.8. The fourth-order valence-corrected chi connectivity index (χ4v) is 5.09. The lowest BCUT2D eigenvalue weighted by molar-refractivity contribution is -0.274. The van der Waals surface area contributed by atoms with Gasteiger partial charge in [0.2, 0.25) is 0 Å². The number of hydrogen-bond donors (Lipinski definition) is 0. The van der Waals surface area contributed by atoms with Crippen LogP contribution >= 0.6 is 0 Å². The third kappa shape index (κ3) is 5.95. The Morgan fingerprint density at radius 1 is 1.17 bits per heavy atom. The number of nitrogens with zero attached hydrogens (tertiary/aromatic N) is 2. The highest BCUT2D eigenvalue weighted by Crippen LogP contribution is 2.26. The summed E-state index contributed by atoms with van der Waals surface area (Å²) in [6.45, 7) is 1.81. The second-order valence-corrected chi connectivity index (χ2v) is 9.04. The maximum atomic E-state index is 12.6. The van der Waals surface area contributed by atoms with Crippen molar-refractivity contribution < 1.29 is 26.3 Å². The minimum absolute atomic E-state index is 0.00323. The molecular formula is C20H19F3N2O3S. The number of ether oxygens (including phenoxy) is 1. The quantitative estimate of drug-likeness (QED) is 0.706.